The number of carbonyl (C=O) groups is 1. The Morgan fingerprint density at radius 1 is 1.39 bits per heavy atom. The monoisotopic (exact) mass is 400 g/mol. The average Bonchev–Trinajstić information content (AvgIpc) is 2.77. The summed E-state index contributed by atoms with van der Waals surface area (Å²) < 4.78 is 14.6. The minimum atomic E-state index is -0.987. The molecule has 0 fully saturated rings. The smallest absolute Gasteiger partial charge is 0.407 e. The maximum absolute atomic E-state index is 13.9. The number of benzene rings is 1. The molecule has 1 aromatic heterocycles. The highest BCUT2D eigenvalue weighted by Crippen LogP contribution is 2.35. The number of thiazole rings is 1. The van der Waals surface area contributed by atoms with E-state index >= 15 is 0 Å². The van der Waals surface area contributed by atoms with Crippen LogP contribution < -0.4 is 0 Å². The van der Waals surface area contributed by atoms with Crippen molar-refractivity contribution in [3.63, 3.8) is 0 Å². The summed E-state index contributed by atoms with van der Waals surface area (Å²) in [5.41, 5.74) is 0.755. The van der Waals surface area contributed by atoms with E-state index in [1.807, 2.05) is 20.8 Å². The number of rotatable bonds is 4. The summed E-state index contributed by atoms with van der Waals surface area (Å²) in [6.07, 6.45) is -0.987. The highest BCUT2D eigenvalue weighted by atomic mass is 79.9. The van der Waals surface area contributed by atoms with Crippen molar-refractivity contribution in [2.45, 2.75) is 27.3 Å². The minimum Gasteiger partial charge on any atom is -0.465 e. The van der Waals surface area contributed by atoms with Gasteiger partial charge in [-0.2, -0.15) is 0 Å². The van der Waals surface area contributed by atoms with Gasteiger partial charge in [0.15, 0.2) is 0 Å². The average molecular weight is 401 g/mol. The molecule has 0 bridgehead atoms. The lowest BCUT2D eigenvalue weighted by atomic mass is 9.96. The molecule has 0 unspecified atom stereocenters. The third-order valence-corrected chi connectivity index (χ3v) is 4.71. The molecule has 1 aromatic carbocycles. The summed E-state index contributed by atoms with van der Waals surface area (Å²) in [5.74, 6) is -0.352. The van der Waals surface area contributed by atoms with Crippen molar-refractivity contribution in [1.82, 2.24) is 9.88 Å². The lowest BCUT2D eigenvalue weighted by Crippen LogP contribution is -2.36. The first-order valence-electron chi connectivity index (χ1n) is 7.05. The molecule has 0 saturated heterocycles. The molecule has 0 saturated carbocycles. The van der Waals surface area contributed by atoms with E-state index < -0.39 is 6.09 Å². The molecule has 4 nitrogen and oxygen atoms in total. The molecular formula is C16H18BrFN2O2S. The predicted octanol–water partition coefficient (Wildman–Crippen LogP) is 5.24. The summed E-state index contributed by atoms with van der Waals surface area (Å²) in [7, 11) is 0. The third kappa shape index (κ3) is 4.75. The molecule has 2 rings (SSSR count). The number of hydrogen-bond acceptors (Lipinski definition) is 3. The van der Waals surface area contributed by atoms with Crippen molar-refractivity contribution < 1.29 is 14.3 Å². The standard InChI is InChI=1S/C16H18BrFN2O2S/c1-16(2,3)9-20(15(21)22)8-12-19-13(14(17)23-12)10-6-4-5-7-11(10)18/h4-7H,8-9H2,1-3H3,(H,21,22). The molecular weight excluding hydrogens is 383 g/mol. The van der Waals surface area contributed by atoms with Gasteiger partial charge in [0.05, 0.1) is 16.0 Å². The molecule has 0 aliphatic heterocycles. The first-order valence-corrected chi connectivity index (χ1v) is 8.66. The number of amides is 1. The fraction of sp³-hybridized carbons (Fsp3) is 0.375. The van der Waals surface area contributed by atoms with Crippen LogP contribution in [-0.4, -0.2) is 27.6 Å². The summed E-state index contributed by atoms with van der Waals surface area (Å²) in [5, 5.41) is 9.99. The van der Waals surface area contributed by atoms with Gasteiger partial charge in [0.25, 0.3) is 0 Å². The zero-order valence-corrected chi connectivity index (χ0v) is 15.5. The van der Waals surface area contributed by atoms with Crippen LogP contribution in [0, 0.1) is 11.2 Å². The Morgan fingerprint density at radius 3 is 2.61 bits per heavy atom. The Hall–Kier alpha value is -1.47. The highest BCUT2D eigenvalue weighted by molar-refractivity contribution is 9.11. The molecule has 2 aromatic rings. The Bertz CT molecular complexity index is 712. The van der Waals surface area contributed by atoms with Gasteiger partial charge < -0.3 is 10.0 Å². The first kappa shape index (κ1) is 17.9. The van der Waals surface area contributed by atoms with Crippen LogP contribution in [0.25, 0.3) is 11.3 Å². The van der Waals surface area contributed by atoms with Crippen LogP contribution in [0.1, 0.15) is 25.8 Å². The van der Waals surface area contributed by atoms with Crippen LogP contribution in [0.5, 0.6) is 0 Å². The second-order valence-electron chi connectivity index (χ2n) is 6.41. The summed E-state index contributed by atoms with van der Waals surface area (Å²) >= 11 is 4.72. The second kappa shape index (κ2) is 6.97. The van der Waals surface area contributed by atoms with Crippen molar-refractivity contribution in [3.05, 3.63) is 38.9 Å². The molecule has 1 amide bonds. The third-order valence-electron chi connectivity index (χ3n) is 3.02. The lowest BCUT2D eigenvalue weighted by Gasteiger charge is -2.27. The predicted molar refractivity (Wildman–Crippen MR) is 93.1 cm³/mol. The molecule has 23 heavy (non-hydrogen) atoms. The van der Waals surface area contributed by atoms with E-state index in [0.29, 0.717) is 26.6 Å². The van der Waals surface area contributed by atoms with E-state index in [9.17, 15) is 14.3 Å². The number of nitrogens with zero attached hydrogens (tertiary/aromatic N) is 2. The van der Waals surface area contributed by atoms with Gasteiger partial charge in [-0.3, -0.25) is 0 Å². The number of halogens is 2. The molecule has 0 radical (unpaired) electrons. The summed E-state index contributed by atoms with van der Waals surface area (Å²) in [4.78, 5) is 17.2. The van der Waals surface area contributed by atoms with Crippen molar-refractivity contribution in [3.8, 4) is 11.3 Å². The minimum absolute atomic E-state index is 0.152. The molecule has 124 valence electrons. The van der Waals surface area contributed by atoms with Crippen LogP contribution in [0.4, 0.5) is 9.18 Å². The zero-order chi connectivity index (χ0) is 17.2. The quantitative estimate of drug-likeness (QED) is 0.763. The van der Waals surface area contributed by atoms with Crippen LogP contribution in [0.2, 0.25) is 0 Å². The van der Waals surface area contributed by atoms with Crippen LogP contribution in [0.15, 0.2) is 28.1 Å². The Balaban J connectivity index is 2.27. The van der Waals surface area contributed by atoms with E-state index in [1.54, 1.807) is 18.2 Å². The van der Waals surface area contributed by atoms with Gasteiger partial charge in [-0.1, -0.05) is 32.9 Å². The van der Waals surface area contributed by atoms with Gasteiger partial charge in [-0.15, -0.1) is 11.3 Å². The summed E-state index contributed by atoms with van der Waals surface area (Å²) in [6, 6.07) is 6.40. The molecule has 0 aliphatic carbocycles. The van der Waals surface area contributed by atoms with Gasteiger partial charge >= 0.3 is 6.09 Å². The van der Waals surface area contributed by atoms with Crippen LogP contribution in [0.3, 0.4) is 0 Å². The normalized spacial score (nSPS) is 11.5. The van der Waals surface area contributed by atoms with Crippen LogP contribution in [-0.2, 0) is 6.54 Å². The second-order valence-corrected chi connectivity index (χ2v) is 8.81. The van der Waals surface area contributed by atoms with E-state index in [2.05, 4.69) is 20.9 Å². The molecule has 0 spiro atoms. The largest absolute Gasteiger partial charge is 0.465 e. The van der Waals surface area contributed by atoms with Crippen molar-refractivity contribution >= 4 is 33.4 Å². The maximum Gasteiger partial charge on any atom is 0.407 e. The Labute approximate surface area is 147 Å². The summed E-state index contributed by atoms with van der Waals surface area (Å²) in [6.45, 7) is 6.52. The lowest BCUT2D eigenvalue weighted by molar-refractivity contribution is 0.123. The van der Waals surface area contributed by atoms with Gasteiger partial charge in [0.2, 0.25) is 0 Å². The SMILES string of the molecule is CC(C)(C)CN(Cc1nc(-c2ccccc2F)c(Br)s1)C(=O)O. The number of hydrogen-bond donors (Lipinski definition) is 1. The molecule has 1 N–H and O–H groups in total. The Kier molecular flexibility index (Phi) is 5.41. The van der Waals surface area contributed by atoms with Gasteiger partial charge in [-0.25, -0.2) is 14.2 Å². The fourth-order valence-electron chi connectivity index (χ4n) is 2.16. The maximum atomic E-state index is 13.9. The number of aromatic nitrogens is 1. The van der Waals surface area contributed by atoms with Crippen molar-refractivity contribution in [1.29, 1.82) is 0 Å². The highest BCUT2D eigenvalue weighted by Gasteiger charge is 2.23. The van der Waals surface area contributed by atoms with Gasteiger partial charge in [0.1, 0.15) is 10.8 Å². The number of carboxylic acid groups (broad SMARTS) is 1. The molecule has 1 heterocycles. The zero-order valence-electron chi connectivity index (χ0n) is 13.1. The van der Waals surface area contributed by atoms with E-state index in [1.165, 1.54) is 22.3 Å². The van der Waals surface area contributed by atoms with E-state index in [4.69, 9.17) is 0 Å². The van der Waals surface area contributed by atoms with Crippen molar-refractivity contribution in [2.75, 3.05) is 6.54 Å². The van der Waals surface area contributed by atoms with Gasteiger partial charge in [0, 0.05) is 12.1 Å². The van der Waals surface area contributed by atoms with Crippen LogP contribution >= 0.6 is 27.3 Å². The molecule has 0 atom stereocenters. The van der Waals surface area contributed by atoms with E-state index in [-0.39, 0.29) is 17.8 Å². The molecule has 0 aliphatic rings. The fourth-order valence-corrected chi connectivity index (χ4v) is 3.84. The Morgan fingerprint density at radius 2 is 2.04 bits per heavy atom. The topological polar surface area (TPSA) is 53.4 Å². The first-order chi connectivity index (χ1) is 10.7. The van der Waals surface area contributed by atoms with Crippen molar-refractivity contribution in [2.24, 2.45) is 5.41 Å². The molecule has 7 heteroatoms. The van der Waals surface area contributed by atoms with Gasteiger partial charge in [-0.05, 0) is 33.5 Å². The van der Waals surface area contributed by atoms with E-state index in [0.717, 1.165) is 0 Å².